The van der Waals surface area contributed by atoms with Gasteiger partial charge in [-0.25, -0.2) is 0 Å². The third kappa shape index (κ3) is 2.67. The van der Waals surface area contributed by atoms with Gasteiger partial charge in [0.1, 0.15) is 0 Å². The third-order valence-corrected chi connectivity index (χ3v) is 10.5. The van der Waals surface area contributed by atoms with Gasteiger partial charge in [0.25, 0.3) is 0 Å². The first-order valence-corrected chi connectivity index (χ1v) is 14.1. The summed E-state index contributed by atoms with van der Waals surface area (Å²) in [5.41, 5.74) is 8.28. The molecule has 6 aliphatic rings. The Morgan fingerprint density at radius 1 is 0.568 bits per heavy atom. The average Bonchev–Trinajstić information content (AvgIpc) is 3.20. The maximum Gasteiger partial charge on any atom is 0.171 e. The molecule has 1 aliphatic heterocycles. The van der Waals surface area contributed by atoms with Crippen molar-refractivity contribution in [3.63, 3.8) is 0 Å². The molecule has 0 saturated heterocycles. The molecule has 0 aromatic heterocycles. The molecule has 10 rings (SSSR count). The molecule has 1 spiro atoms. The first kappa shape index (κ1) is 20.8. The predicted molar refractivity (Wildman–Crippen MR) is 147 cm³/mol. The lowest BCUT2D eigenvalue weighted by Gasteiger charge is -2.61. The summed E-state index contributed by atoms with van der Waals surface area (Å²) in [6.07, 6.45) is 7.08. The second kappa shape index (κ2) is 7.20. The largest absolute Gasteiger partial charge is 0.449 e. The van der Waals surface area contributed by atoms with E-state index in [0.29, 0.717) is 22.3 Å². The van der Waals surface area contributed by atoms with Crippen LogP contribution in [-0.4, -0.2) is 0 Å². The molecule has 0 amide bonds. The number of hydrogen-bond acceptors (Lipinski definition) is 2. The number of hydrogen-bond donors (Lipinski definition) is 0. The Balaban J connectivity index is 1.20. The standard InChI is InChI=1S/C34H27ClO2/c35-29-18-33-32(36-30-7-3-4-8-31(30)37-33)17-25(29)21-9-10-28-26(16-21)24-5-1-2-6-27(24)34(28)22-12-19-11-20(14-22)15-23(34)13-19/h1-10,16-20,22-23H,11-15H2. The van der Waals surface area contributed by atoms with Crippen molar-refractivity contribution in [3.05, 3.63) is 95.0 Å². The number of halogens is 1. The van der Waals surface area contributed by atoms with Crippen molar-refractivity contribution in [2.75, 3.05) is 0 Å². The van der Waals surface area contributed by atoms with E-state index in [1.807, 2.05) is 36.4 Å². The Morgan fingerprint density at radius 3 is 1.92 bits per heavy atom. The molecule has 0 atom stereocenters. The van der Waals surface area contributed by atoms with Crippen LogP contribution in [-0.2, 0) is 5.41 Å². The van der Waals surface area contributed by atoms with Crippen LogP contribution in [0.5, 0.6) is 23.0 Å². The van der Waals surface area contributed by atoms with Crippen LogP contribution >= 0.6 is 11.6 Å². The zero-order valence-corrected chi connectivity index (χ0v) is 21.3. The van der Waals surface area contributed by atoms with Gasteiger partial charge < -0.3 is 9.47 Å². The van der Waals surface area contributed by atoms with Crippen LogP contribution in [0.1, 0.15) is 43.2 Å². The minimum Gasteiger partial charge on any atom is -0.449 e. The lowest BCUT2D eigenvalue weighted by Crippen LogP contribution is -2.55. The van der Waals surface area contributed by atoms with Crippen LogP contribution in [0.2, 0.25) is 5.02 Å². The van der Waals surface area contributed by atoms with Gasteiger partial charge in [0.2, 0.25) is 0 Å². The van der Waals surface area contributed by atoms with Gasteiger partial charge in [-0.2, -0.15) is 0 Å². The van der Waals surface area contributed by atoms with Crippen molar-refractivity contribution in [2.45, 2.75) is 37.5 Å². The van der Waals surface area contributed by atoms with Gasteiger partial charge in [0.15, 0.2) is 23.0 Å². The molecule has 0 unspecified atom stereocenters. The fourth-order valence-electron chi connectivity index (χ4n) is 9.10. The second-order valence-electron chi connectivity index (χ2n) is 11.9. The summed E-state index contributed by atoms with van der Waals surface area (Å²) in [5, 5.41) is 0.678. The molecule has 37 heavy (non-hydrogen) atoms. The molecular formula is C34H27ClO2. The minimum absolute atomic E-state index is 0.193. The molecule has 0 N–H and O–H groups in total. The molecule has 4 aromatic rings. The van der Waals surface area contributed by atoms with Crippen molar-refractivity contribution < 1.29 is 9.47 Å². The number of para-hydroxylation sites is 2. The van der Waals surface area contributed by atoms with E-state index in [-0.39, 0.29) is 5.41 Å². The Hall–Kier alpha value is -3.23. The Morgan fingerprint density at radius 2 is 1.19 bits per heavy atom. The van der Waals surface area contributed by atoms with Crippen molar-refractivity contribution >= 4 is 11.6 Å². The highest BCUT2D eigenvalue weighted by Crippen LogP contribution is 2.69. The molecule has 2 nitrogen and oxygen atoms in total. The van der Waals surface area contributed by atoms with E-state index >= 15 is 0 Å². The van der Waals surface area contributed by atoms with Gasteiger partial charge >= 0.3 is 0 Å². The second-order valence-corrected chi connectivity index (χ2v) is 12.3. The first-order chi connectivity index (χ1) is 18.2. The summed E-state index contributed by atoms with van der Waals surface area (Å²) in [6.45, 7) is 0. The monoisotopic (exact) mass is 502 g/mol. The topological polar surface area (TPSA) is 18.5 Å². The van der Waals surface area contributed by atoms with Gasteiger partial charge in [-0.15, -0.1) is 0 Å². The van der Waals surface area contributed by atoms with Gasteiger partial charge in [0, 0.05) is 17.0 Å². The molecule has 1 heterocycles. The fourth-order valence-corrected chi connectivity index (χ4v) is 9.36. The van der Waals surface area contributed by atoms with Gasteiger partial charge in [-0.3, -0.25) is 0 Å². The Bertz CT molecular complexity index is 1590. The van der Waals surface area contributed by atoms with Crippen LogP contribution < -0.4 is 9.47 Å². The van der Waals surface area contributed by atoms with Crippen molar-refractivity contribution in [2.24, 2.45) is 23.7 Å². The van der Waals surface area contributed by atoms with E-state index in [0.717, 1.165) is 40.5 Å². The van der Waals surface area contributed by atoms with Gasteiger partial charge in [0.05, 0.1) is 5.02 Å². The summed E-state index contributed by atoms with van der Waals surface area (Å²) in [4.78, 5) is 0. The molecule has 4 aromatic carbocycles. The predicted octanol–water partition coefficient (Wildman–Crippen LogP) is 9.63. The maximum atomic E-state index is 6.88. The van der Waals surface area contributed by atoms with Crippen LogP contribution in [0, 0.1) is 23.7 Å². The molecular weight excluding hydrogens is 476 g/mol. The van der Waals surface area contributed by atoms with E-state index in [1.165, 1.54) is 43.2 Å². The van der Waals surface area contributed by atoms with Crippen LogP contribution in [0.3, 0.4) is 0 Å². The summed E-state index contributed by atoms with van der Waals surface area (Å²) in [7, 11) is 0. The van der Waals surface area contributed by atoms with Gasteiger partial charge in [-0.05, 0) is 108 Å². The number of benzene rings is 4. The molecule has 5 aliphatic carbocycles. The highest BCUT2D eigenvalue weighted by Gasteiger charge is 2.61. The van der Waals surface area contributed by atoms with Crippen LogP contribution in [0.4, 0.5) is 0 Å². The van der Waals surface area contributed by atoms with E-state index in [2.05, 4.69) is 42.5 Å². The summed E-state index contributed by atoms with van der Waals surface area (Å²) in [5.74, 6) is 6.26. The van der Waals surface area contributed by atoms with E-state index in [1.54, 1.807) is 11.1 Å². The zero-order chi connectivity index (χ0) is 24.3. The molecule has 4 bridgehead atoms. The van der Waals surface area contributed by atoms with Crippen LogP contribution in [0.15, 0.2) is 78.9 Å². The molecule has 182 valence electrons. The number of rotatable bonds is 1. The summed E-state index contributed by atoms with van der Waals surface area (Å²) >= 11 is 6.88. The first-order valence-electron chi connectivity index (χ1n) is 13.7. The van der Waals surface area contributed by atoms with Gasteiger partial charge in [-0.1, -0.05) is 60.1 Å². The van der Waals surface area contributed by atoms with E-state index in [4.69, 9.17) is 21.1 Å². The molecule has 3 heteroatoms. The van der Waals surface area contributed by atoms with Crippen molar-refractivity contribution in [3.8, 4) is 45.3 Å². The SMILES string of the molecule is Clc1cc2c(cc1-c1ccc3c(c1)-c1ccccc1C31C3CC4CC(C3)CC1C4)Oc1ccccc1O2. The number of fused-ring (bicyclic) bond motifs is 5. The smallest absolute Gasteiger partial charge is 0.171 e. The van der Waals surface area contributed by atoms with Crippen molar-refractivity contribution in [1.82, 2.24) is 0 Å². The third-order valence-electron chi connectivity index (χ3n) is 10.2. The fraction of sp³-hybridized carbons (Fsp3) is 0.294. The highest BCUT2D eigenvalue weighted by molar-refractivity contribution is 6.33. The summed E-state index contributed by atoms with van der Waals surface area (Å²) < 4.78 is 12.3. The highest BCUT2D eigenvalue weighted by atomic mass is 35.5. The molecule has 4 fully saturated rings. The normalized spacial score (nSPS) is 29.2. The molecule has 4 saturated carbocycles. The average molecular weight is 503 g/mol. The minimum atomic E-state index is 0.193. The summed E-state index contributed by atoms with van der Waals surface area (Å²) in [6, 6.07) is 28.1. The quantitative estimate of drug-likeness (QED) is 0.227. The Kier molecular flexibility index (Phi) is 4.05. The lowest BCUT2D eigenvalue weighted by molar-refractivity contribution is -0.0399. The lowest BCUT2D eigenvalue weighted by atomic mass is 9.43. The van der Waals surface area contributed by atoms with Crippen molar-refractivity contribution in [1.29, 1.82) is 0 Å². The Labute approximate surface area is 222 Å². The van der Waals surface area contributed by atoms with E-state index in [9.17, 15) is 0 Å². The number of ether oxygens (including phenoxy) is 2. The maximum absolute atomic E-state index is 6.88. The van der Waals surface area contributed by atoms with E-state index < -0.39 is 0 Å². The van der Waals surface area contributed by atoms with Crippen LogP contribution in [0.25, 0.3) is 22.3 Å². The molecule has 0 radical (unpaired) electrons. The zero-order valence-electron chi connectivity index (χ0n) is 20.5.